The van der Waals surface area contributed by atoms with Gasteiger partial charge in [0, 0.05) is 26.0 Å². The quantitative estimate of drug-likeness (QED) is 0.406. The third-order valence-corrected chi connectivity index (χ3v) is 7.14. The van der Waals surface area contributed by atoms with Gasteiger partial charge in [0.2, 0.25) is 5.91 Å². The fourth-order valence-electron chi connectivity index (χ4n) is 3.24. The van der Waals surface area contributed by atoms with Crippen molar-refractivity contribution >= 4 is 68.1 Å². The van der Waals surface area contributed by atoms with E-state index in [-0.39, 0.29) is 11.2 Å². The molecular formula is C19H17Cl2N3OS2. The van der Waals surface area contributed by atoms with E-state index in [4.69, 9.17) is 23.2 Å². The first kappa shape index (κ1) is 19.0. The lowest BCUT2D eigenvalue weighted by atomic mass is 10.2. The number of rotatable bonds is 4. The van der Waals surface area contributed by atoms with Crippen LogP contribution < -0.4 is 5.32 Å². The first-order valence-electron chi connectivity index (χ1n) is 8.63. The molecule has 8 heteroatoms. The Morgan fingerprint density at radius 2 is 1.96 bits per heavy atom. The van der Waals surface area contributed by atoms with Crippen LogP contribution in [0.1, 0.15) is 29.6 Å². The Hall–Kier alpha value is -1.34. The molecular weight excluding hydrogens is 421 g/mol. The van der Waals surface area contributed by atoms with Crippen molar-refractivity contribution in [1.82, 2.24) is 9.97 Å². The van der Waals surface area contributed by atoms with E-state index >= 15 is 0 Å². The Labute approximate surface area is 175 Å². The first-order valence-corrected chi connectivity index (χ1v) is 11.1. The Kier molecular flexibility index (Phi) is 5.34. The molecule has 3 aromatic rings. The van der Waals surface area contributed by atoms with E-state index in [0.717, 1.165) is 33.9 Å². The number of fused-ring (bicyclic) bond motifs is 3. The molecule has 1 N–H and O–H groups in total. The molecule has 1 aliphatic rings. The number of thiophene rings is 1. The van der Waals surface area contributed by atoms with Gasteiger partial charge < -0.3 is 5.32 Å². The van der Waals surface area contributed by atoms with Gasteiger partial charge in [-0.15, -0.1) is 11.3 Å². The number of aromatic nitrogens is 2. The topological polar surface area (TPSA) is 54.9 Å². The van der Waals surface area contributed by atoms with E-state index in [1.165, 1.54) is 28.6 Å². The highest BCUT2D eigenvalue weighted by molar-refractivity contribution is 8.00. The van der Waals surface area contributed by atoms with Crippen molar-refractivity contribution in [2.45, 2.75) is 43.4 Å². The smallest absolute Gasteiger partial charge is 0.237 e. The number of halogens is 2. The number of nitrogens with zero attached hydrogens (tertiary/aromatic N) is 2. The molecule has 1 atom stereocenters. The van der Waals surface area contributed by atoms with Gasteiger partial charge in [-0.3, -0.25) is 4.79 Å². The molecule has 0 unspecified atom stereocenters. The van der Waals surface area contributed by atoms with Crippen molar-refractivity contribution in [2.24, 2.45) is 0 Å². The fraction of sp³-hybridized carbons (Fsp3) is 0.316. The van der Waals surface area contributed by atoms with E-state index < -0.39 is 0 Å². The van der Waals surface area contributed by atoms with Gasteiger partial charge in [-0.2, -0.15) is 0 Å². The number of amides is 1. The van der Waals surface area contributed by atoms with Gasteiger partial charge in [0.15, 0.2) is 0 Å². The SMILES string of the molecule is Cc1nc(S[C@H](C)C(=O)Nc2cc(Cl)cc(Cl)c2)c2c3c(sc2n1)CCC3. The Bertz CT molecular complexity index is 1030. The average Bonchev–Trinajstić information content (AvgIpc) is 3.13. The minimum absolute atomic E-state index is 0.116. The molecule has 1 amide bonds. The Morgan fingerprint density at radius 1 is 1.22 bits per heavy atom. The van der Waals surface area contributed by atoms with Crippen LogP contribution in [0.2, 0.25) is 10.0 Å². The molecule has 0 bridgehead atoms. The molecule has 0 aliphatic heterocycles. The molecule has 2 heterocycles. The zero-order valence-corrected chi connectivity index (χ0v) is 18.0. The number of anilines is 1. The summed E-state index contributed by atoms with van der Waals surface area (Å²) in [5.41, 5.74) is 1.96. The lowest BCUT2D eigenvalue weighted by molar-refractivity contribution is -0.115. The van der Waals surface area contributed by atoms with Crippen LogP contribution >= 0.6 is 46.3 Å². The third kappa shape index (κ3) is 3.94. The van der Waals surface area contributed by atoms with E-state index in [1.807, 2.05) is 13.8 Å². The number of benzene rings is 1. The van der Waals surface area contributed by atoms with Crippen LogP contribution in [0.25, 0.3) is 10.2 Å². The van der Waals surface area contributed by atoms with E-state index in [9.17, 15) is 4.79 Å². The first-order chi connectivity index (χ1) is 12.9. The molecule has 1 aromatic carbocycles. The second kappa shape index (κ2) is 7.59. The number of hydrogen-bond donors (Lipinski definition) is 1. The molecule has 4 nitrogen and oxygen atoms in total. The van der Waals surface area contributed by atoms with Crippen LogP contribution in [0.15, 0.2) is 23.2 Å². The standard InChI is InChI=1S/C19H17Cl2N3OS2/c1-9(17(25)24-13-7-11(20)6-12(21)8-13)26-18-16-14-4-3-5-15(14)27-19(16)23-10(2)22-18/h6-9H,3-5H2,1-2H3,(H,24,25)/t9-/m1/s1. The summed E-state index contributed by atoms with van der Waals surface area (Å²) in [5.74, 6) is 0.619. The van der Waals surface area contributed by atoms with E-state index in [2.05, 4.69) is 15.3 Å². The van der Waals surface area contributed by atoms with Gasteiger partial charge >= 0.3 is 0 Å². The highest BCUT2D eigenvalue weighted by atomic mass is 35.5. The van der Waals surface area contributed by atoms with Crippen molar-refractivity contribution in [3.63, 3.8) is 0 Å². The monoisotopic (exact) mass is 437 g/mol. The highest BCUT2D eigenvalue weighted by Gasteiger charge is 2.24. The molecule has 0 saturated carbocycles. The van der Waals surface area contributed by atoms with Crippen LogP contribution in [-0.4, -0.2) is 21.1 Å². The van der Waals surface area contributed by atoms with Crippen LogP contribution in [0.4, 0.5) is 5.69 Å². The van der Waals surface area contributed by atoms with Gasteiger partial charge in [0.05, 0.1) is 5.25 Å². The summed E-state index contributed by atoms with van der Waals surface area (Å²) in [4.78, 5) is 24.4. The van der Waals surface area contributed by atoms with Gasteiger partial charge in [-0.25, -0.2) is 9.97 Å². The summed E-state index contributed by atoms with van der Waals surface area (Å²) in [6.45, 7) is 3.77. The zero-order valence-electron chi connectivity index (χ0n) is 14.8. The van der Waals surface area contributed by atoms with Crippen molar-refractivity contribution in [2.75, 3.05) is 5.32 Å². The second-order valence-corrected chi connectivity index (χ2v) is 9.81. The predicted octanol–water partition coefficient (Wildman–Crippen LogP) is 5.91. The summed E-state index contributed by atoms with van der Waals surface area (Å²) in [6.07, 6.45) is 3.36. The number of carbonyl (C=O) groups excluding carboxylic acids is 1. The normalized spacial score (nSPS) is 14.4. The average molecular weight is 438 g/mol. The number of aryl methyl sites for hydroxylation is 3. The Balaban J connectivity index is 1.59. The second-order valence-electron chi connectivity index (χ2n) is 6.52. The van der Waals surface area contributed by atoms with Crippen LogP contribution in [0, 0.1) is 6.92 Å². The van der Waals surface area contributed by atoms with Gasteiger partial charge in [-0.05, 0) is 56.9 Å². The van der Waals surface area contributed by atoms with Crippen molar-refractivity contribution in [3.8, 4) is 0 Å². The molecule has 2 aromatic heterocycles. The molecule has 27 heavy (non-hydrogen) atoms. The molecule has 0 radical (unpaired) electrons. The minimum Gasteiger partial charge on any atom is -0.325 e. The summed E-state index contributed by atoms with van der Waals surface area (Å²) in [6, 6.07) is 5.00. The lowest BCUT2D eigenvalue weighted by Gasteiger charge is -2.13. The maximum absolute atomic E-state index is 12.7. The van der Waals surface area contributed by atoms with Gasteiger partial charge in [-0.1, -0.05) is 35.0 Å². The summed E-state index contributed by atoms with van der Waals surface area (Å²) < 4.78 is 0. The molecule has 0 saturated heterocycles. The minimum atomic E-state index is -0.322. The fourth-order valence-corrected chi connectivity index (χ4v) is 6.16. The van der Waals surface area contributed by atoms with Gasteiger partial charge in [0.25, 0.3) is 0 Å². The molecule has 1 aliphatic carbocycles. The van der Waals surface area contributed by atoms with Gasteiger partial charge in [0.1, 0.15) is 15.7 Å². The zero-order chi connectivity index (χ0) is 19.1. The Morgan fingerprint density at radius 3 is 2.70 bits per heavy atom. The molecule has 140 valence electrons. The third-order valence-electron chi connectivity index (χ3n) is 4.43. The van der Waals surface area contributed by atoms with Crippen molar-refractivity contribution in [1.29, 1.82) is 0 Å². The highest BCUT2D eigenvalue weighted by Crippen LogP contribution is 2.41. The number of thioether (sulfide) groups is 1. The molecule has 4 rings (SSSR count). The lowest BCUT2D eigenvalue weighted by Crippen LogP contribution is -2.22. The summed E-state index contributed by atoms with van der Waals surface area (Å²) in [7, 11) is 0. The number of carbonyl (C=O) groups is 1. The van der Waals surface area contributed by atoms with Crippen LogP contribution in [-0.2, 0) is 17.6 Å². The van der Waals surface area contributed by atoms with E-state index in [1.54, 1.807) is 29.5 Å². The summed E-state index contributed by atoms with van der Waals surface area (Å²) >= 11 is 15.3. The van der Waals surface area contributed by atoms with Crippen LogP contribution in [0.5, 0.6) is 0 Å². The van der Waals surface area contributed by atoms with E-state index in [0.29, 0.717) is 15.7 Å². The van der Waals surface area contributed by atoms with Crippen LogP contribution in [0.3, 0.4) is 0 Å². The summed E-state index contributed by atoms with van der Waals surface area (Å²) in [5, 5.41) is 5.56. The molecule has 0 spiro atoms. The maximum Gasteiger partial charge on any atom is 0.237 e. The molecule has 0 fully saturated rings. The predicted molar refractivity (Wildman–Crippen MR) is 115 cm³/mol. The number of nitrogens with one attached hydrogen (secondary N) is 1. The number of hydrogen-bond acceptors (Lipinski definition) is 5. The van der Waals surface area contributed by atoms with Crippen molar-refractivity contribution in [3.05, 3.63) is 44.5 Å². The largest absolute Gasteiger partial charge is 0.325 e. The maximum atomic E-state index is 12.7. The van der Waals surface area contributed by atoms with Crippen molar-refractivity contribution < 1.29 is 4.79 Å².